The molecule has 1 heterocycles. The summed E-state index contributed by atoms with van der Waals surface area (Å²) in [4.78, 5) is 4.62. The number of nitrogens with one attached hydrogen (secondary N) is 1. The predicted molar refractivity (Wildman–Crippen MR) is 101 cm³/mol. The van der Waals surface area contributed by atoms with Gasteiger partial charge in [0.15, 0.2) is 5.13 Å². The van der Waals surface area contributed by atoms with Gasteiger partial charge in [-0.2, -0.15) is 0 Å². The van der Waals surface area contributed by atoms with E-state index in [1.54, 1.807) is 21.3 Å². The zero-order valence-corrected chi connectivity index (χ0v) is 15.0. The second kappa shape index (κ2) is 7.31. The van der Waals surface area contributed by atoms with Crippen LogP contribution in [0.15, 0.2) is 41.8 Å². The fraction of sp³-hybridized carbons (Fsp3) is 0.167. The summed E-state index contributed by atoms with van der Waals surface area (Å²) < 4.78 is 15.8. The van der Waals surface area contributed by atoms with Crippen molar-refractivity contribution in [3.8, 4) is 28.5 Å². The average molecular weight is 357 g/mol. The summed E-state index contributed by atoms with van der Waals surface area (Å²) in [6.45, 7) is 0. The molecule has 3 rings (SSSR count). The lowest BCUT2D eigenvalue weighted by atomic mass is 10.1. The molecule has 0 aliphatic rings. The monoisotopic (exact) mass is 357 g/mol. The van der Waals surface area contributed by atoms with Gasteiger partial charge >= 0.3 is 0 Å². The first-order valence-corrected chi connectivity index (χ1v) is 8.41. The Morgan fingerprint density at radius 2 is 1.72 bits per heavy atom. The van der Waals surface area contributed by atoms with E-state index in [2.05, 4.69) is 10.3 Å². The highest BCUT2D eigenvalue weighted by Gasteiger charge is 2.10. The fourth-order valence-electron chi connectivity index (χ4n) is 2.38. The van der Waals surface area contributed by atoms with Crippen LogP contribution < -0.4 is 25.3 Å². The van der Waals surface area contributed by atoms with Crippen molar-refractivity contribution in [2.75, 3.05) is 32.4 Å². The molecular formula is C18H19N3O3S. The minimum Gasteiger partial charge on any atom is -0.497 e. The van der Waals surface area contributed by atoms with Gasteiger partial charge in [-0.15, -0.1) is 11.3 Å². The zero-order chi connectivity index (χ0) is 17.8. The molecule has 0 saturated heterocycles. The molecule has 3 aromatic rings. The van der Waals surface area contributed by atoms with Crippen molar-refractivity contribution < 1.29 is 14.2 Å². The molecule has 0 aliphatic heterocycles. The van der Waals surface area contributed by atoms with Gasteiger partial charge in [-0.3, -0.25) is 0 Å². The van der Waals surface area contributed by atoms with Gasteiger partial charge < -0.3 is 25.3 Å². The number of hydrogen-bond donors (Lipinski definition) is 2. The maximum atomic E-state index is 5.97. The number of nitrogen functional groups attached to an aromatic ring is 1. The SMILES string of the molecule is COc1ccc(OC)c(Nc2nc(-c3ccc(OC)c(N)c3)cs2)c1. The standard InChI is InChI=1S/C18H19N3O3S/c1-22-12-5-7-17(24-3)14(9-12)20-18-21-15(10-25-18)11-4-6-16(23-2)13(19)8-11/h4-10H,19H2,1-3H3,(H,20,21). The van der Waals surface area contributed by atoms with Gasteiger partial charge in [0.1, 0.15) is 17.2 Å². The molecule has 2 aromatic carbocycles. The van der Waals surface area contributed by atoms with E-state index >= 15 is 0 Å². The van der Waals surface area contributed by atoms with Crippen molar-refractivity contribution >= 4 is 27.8 Å². The molecule has 25 heavy (non-hydrogen) atoms. The number of nitrogens with two attached hydrogens (primary N) is 1. The van der Waals surface area contributed by atoms with Crippen molar-refractivity contribution in [1.29, 1.82) is 0 Å². The van der Waals surface area contributed by atoms with Gasteiger partial charge in [-0.25, -0.2) is 4.98 Å². The van der Waals surface area contributed by atoms with Gasteiger partial charge in [-0.05, 0) is 30.3 Å². The summed E-state index contributed by atoms with van der Waals surface area (Å²) >= 11 is 1.50. The maximum absolute atomic E-state index is 5.97. The van der Waals surface area contributed by atoms with Crippen LogP contribution in [0.3, 0.4) is 0 Å². The third-order valence-corrected chi connectivity index (χ3v) is 4.44. The molecule has 0 fully saturated rings. The minimum atomic E-state index is 0.581. The quantitative estimate of drug-likeness (QED) is 0.645. The van der Waals surface area contributed by atoms with Crippen LogP contribution in [0.2, 0.25) is 0 Å². The summed E-state index contributed by atoms with van der Waals surface area (Å²) in [7, 11) is 4.85. The van der Waals surface area contributed by atoms with Crippen LogP contribution in [-0.2, 0) is 0 Å². The number of hydrogen-bond acceptors (Lipinski definition) is 7. The Labute approximate surface area is 150 Å². The molecule has 0 amide bonds. The Morgan fingerprint density at radius 1 is 0.960 bits per heavy atom. The molecule has 0 radical (unpaired) electrons. The Bertz CT molecular complexity index is 880. The zero-order valence-electron chi connectivity index (χ0n) is 14.2. The van der Waals surface area contributed by atoms with Gasteiger partial charge in [0.25, 0.3) is 0 Å². The van der Waals surface area contributed by atoms with Crippen LogP contribution in [0.1, 0.15) is 0 Å². The number of nitrogens with zero attached hydrogens (tertiary/aromatic N) is 1. The van der Waals surface area contributed by atoms with E-state index < -0.39 is 0 Å². The van der Waals surface area contributed by atoms with Crippen LogP contribution in [0, 0.1) is 0 Å². The van der Waals surface area contributed by atoms with Gasteiger partial charge in [0.05, 0.1) is 38.4 Å². The van der Waals surface area contributed by atoms with E-state index in [-0.39, 0.29) is 0 Å². The topological polar surface area (TPSA) is 78.6 Å². The average Bonchev–Trinajstić information content (AvgIpc) is 3.10. The maximum Gasteiger partial charge on any atom is 0.187 e. The predicted octanol–water partition coefficient (Wildman–Crippen LogP) is 4.16. The van der Waals surface area contributed by atoms with Crippen LogP contribution in [0.5, 0.6) is 17.2 Å². The molecule has 0 bridgehead atoms. The highest BCUT2D eigenvalue weighted by atomic mass is 32.1. The van der Waals surface area contributed by atoms with E-state index in [1.807, 2.05) is 41.8 Å². The highest BCUT2D eigenvalue weighted by Crippen LogP contribution is 2.35. The third-order valence-electron chi connectivity index (χ3n) is 3.68. The van der Waals surface area contributed by atoms with Crippen molar-refractivity contribution in [1.82, 2.24) is 4.98 Å². The van der Waals surface area contributed by atoms with E-state index in [0.717, 1.165) is 27.8 Å². The van der Waals surface area contributed by atoms with Crippen LogP contribution >= 0.6 is 11.3 Å². The molecule has 6 nitrogen and oxygen atoms in total. The summed E-state index contributed by atoms with van der Waals surface area (Å²) in [5.74, 6) is 2.10. The number of ether oxygens (including phenoxy) is 3. The smallest absolute Gasteiger partial charge is 0.187 e. The highest BCUT2D eigenvalue weighted by molar-refractivity contribution is 7.14. The molecular weight excluding hydrogens is 338 g/mol. The van der Waals surface area contributed by atoms with E-state index in [0.29, 0.717) is 17.2 Å². The van der Waals surface area contributed by atoms with E-state index in [9.17, 15) is 0 Å². The van der Waals surface area contributed by atoms with Crippen molar-refractivity contribution in [3.63, 3.8) is 0 Å². The largest absolute Gasteiger partial charge is 0.497 e. The van der Waals surface area contributed by atoms with Crippen molar-refractivity contribution in [2.24, 2.45) is 0 Å². The van der Waals surface area contributed by atoms with E-state index in [4.69, 9.17) is 19.9 Å². The third kappa shape index (κ3) is 3.61. The molecule has 0 unspecified atom stereocenters. The first-order chi connectivity index (χ1) is 12.1. The lowest BCUT2D eigenvalue weighted by Gasteiger charge is -2.10. The normalized spacial score (nSPS) is 10.4. The fourth-order valence-corrected chi connectivity index (χ4v) is 3.12. The van der Waals surface area contributed by atoms with Gasteiger partial charge in [0.2, 0.25) is 0 Å². The number of rotatable bonds is 6. The Kier molecular flexibility index (Phi) is 4.95. The summed E-state index contributed by atoms with van der Waals surface area (Å²) in [5, 5.41) is 5.99. The molecule has 0 aliphatic carbocycles. The van der Waals surface area contributed by atoms with Crippen molar-refractivity contribution in [3.05, 3.63) is 41.8 Å². The minimum absolute atomic E-state index is 0.581. The van der Waals surface area contributed by atoms with Crippen molar-refractivity contribution in [2.45, 2.75) is 0 Å². The van der Waals surface area contributed by atoms with Crippen LogP contribution in [-0.4, -0.2) is 26.3 Å². The molecule has 7 heteroatoms. The molecule has 0 spiro atoms. The second-order valence-corrected chi connectivity index (χ2v) is 6.04. The number of methoxy groups -OCH3 is 3. The molecule has 3 N–H and O–H groups in total. The number of thiazole rings is 1. The summed E-state index contributed by atoms with van der Waals surface area (Å²) in [6.07, 6.45) is 0. The van der Waals surface area contributed by atoms with Gasteiger partial charge in [0, 0.05) is 17.0 Å². The molecule has 130 valence electrons. The molecule has 1 aromatic heterocycles. The van der Waals surface area contributed by atoms with Crippen LogP contribution in [0.4, 0.5) is 16.5 Å². The number of anilines is 3. The first-order valence-electron chi connectivity index (χ1n) is 7.53. The Balaban J connectivity index is 1.86. The van der Waals surface area contributed by atoms with Gasteiger partial charge in [-0.1, -0.05) is 0 Å². The summed E-state index contributed by atoms with van der Waals surface area (Å²) in [6, 6.07) is 11.2. The lowest BCUT2D eigenvalue weighted by molar-refractivity contribution is 0.405. The second-order valence-electron chi connectivity index (χ2n) is 5.19. The number of aromatic nitrogens is 1. The summed E-state index contributed by atoms with van der Waals surface area (Å²) in [5.41, 5.74) is 9.11. The lowest BCUT2D eigenvalue weighted by Crippen LogP contribution is -1.95. The first kappa shape index (κ1) is 16.9. The van der Waals surface area contributed by atoms with E-state index in [1.165, 1.54) is 11.3 Å². The Morgan fingerprint density at radius 3 is 2.40 bits per heavy atom. The number of benzene rings is 2. The Hall–Kier alpha value is -2.93. The van der Waals surface area contributed by atoms with Crippen LogP contribution in [0.25, 0.3) is 11.3 Å². The molecule has 0 atom stereocenters. The molecule has 0 saturated carbocycles.